The van der Waals surface area contributed by atoms with E-state index < -0.39 is 35.4 Å². The first kappa shape index (κ1) is 31.3. The molecule has 1 aliphatic heterocycles. The Morgan fingerprint density at radius 3 is 2.57 bits per heavy atom. The first-order valence-corrected chi connectivity index (χ1v) is 15.0. The quantitative estimate of drug-likeness (QED) is 0.254. The van der Waals surface area contributed by atoms with Crippen LogP contribution in [0.4, 0.5) is 4.39 Å². The van der Waals surface area contributed by atoms with Gasteiger partial charge >= 0.3 is 11.9 Å². The number of nitrogens with one attached hydrogen (secondary N) is 2. The molecule has 0 fully saturated rings. The number of carbonyl (C=O) groups is 2. The number of aromatic nitrogens is 1. The van der Waals surface area contributed by atoms with Crippen LogP contribution in [-0.2, 0) is 25.5 Å². The molecule has 3 N–H and O–H groups in total. The molecular formula is C30H32BrFN4O5S. The molecule has 2 atom stereocenters. The molecule has 4 rings (SSSR count). The highest BCUT2D eigenvalue weighted by atomic mass is 79.9. The molecule has 0 aliphatic carbocycles. The van der Waals surface area contributed by atoms with Crippen molar-refractivity contribution in [2.45, 2.75) is 51.8 Å². The third-order valence-corrected chi connectivity index (χ3v) is 7.57. The Bertz CT molecular complexity index is 1490. The number of ether oxygens (including phenoxy) is 2. The van der Waals surface area contributed by atoms with Crippen LogP contribution in [0.2, 0.25) is 0 Å². The topological polar surface area (TPSA) is 122 Å². The number of phenolic OH excluding ortho intramolecular Hbond substituents is 1. The lowest BCUT2D eigenvalue weighted by Gasteiger charge is -2.29. The number of hydrogen-bond donors (Lipinski definition) is 3. The lowest BCUT2D eigenvalue weighted by atomic mass is 9.95. The number of benzene rings is 2. The molecule has 222 valence electrons. The van der Waals surface area contributed by atoms with Crippen molar-refractivity contribution in [3.63, 3.8) is 0 Å². The maximum atomic E-state index is 14.0. The normalized spacial score (nSPS) is 16.0. The maximum Gasteiger partial charge on any atom is 0.338 e. The zero-order chi connectivity index (χ0) is 30.4. The molecule has 0 saturated carbocycles. The number of aliphatic imine (C=N–C) groups is 1. The van der Waals surface area contributed by atoms with E-state index in [9.17, 15) is 19.1 Å². The average molecular weight is 660 g/mol. The predicted molar refractivity (Wildman–Crippen MR) is 162 cm³/mol. The summed E-state index contributed by atoms with van der Waals surface area (Å²) in [4.78, 5) is 35.9. The Morgan fingerprint density at radius 1 is 1.21 bits per heavy atom. The van der Waals surface area contributed by atoms with Crippen molar-refractivity contribution < 1.29 is 28.6 Å². The van der Waals surface area contributed by atoms with Gasteiger partial charge in [-0.1, -0.05) is 34.1 Å². The number of halogens is 2. The number of esters is 2. The van der Waals surface area contributed by atoms with E-state index in [0.717, 1.165) is 5.56 Å². The van der Waals surface area contributed by atoms with Crippen LogP contribution in [0.5, 0.6) is 5.75 Å². The Kier molecular flexibility index (Phi) is 10.1. The molecule has 1 aromatic heterocycles. The zero-order valence-electron chi connectivity index (χ0n) is 23.6. The predicted octanol–water partition coefficient (Wildman–Crippen LogP) is 5.20. The third kappa shape index (κ3) is 8.02. The molecule has 3 aromatic rings. The van der Waals surface area contributed by atoms with Gasteiger partial charge in [-0.2, -0.15) is 0 Å². The van der Waals surface area contributed by atoms with Crippen LogP contribution in [0.25, 0.3) is 0 Å². The summed E-state index contributed by atoms with van der Waals surface area (Å²) in [7, 11) is 0. The fourth-order valence-corrected chi connectivity index (χ4v) is 5.44. The number of nitrogens with zero attached hydrogens (tertiary/aromatic N) is 2. The second kappa shape index (κ2) is 13.6. The van der Waals surface area contributed by atoms with Crippen molar-refractivity contribution in [2.75, 3.05) is 13.2 Å². The number of thiazole rings is 1. The fourth-order valence-electron chi connectivity index (χ4n) is 4.29. The number of phenols is 1. The molecule has 0 spiro atoms. The Labute approximate surface area is 256 Å². The molecule has 12 heteroatoms. The SMILES string of the molecule is CCOC(=O)C1=C(CN[C@@H](Cc2ccc(O)cc2)C(=O)OC(C)(C)C)NC(c2nccs2)=NC1c1ccc(F)cc1Br. The lowest BCUT2D eigenvalue weighted by molar-refractivity contribution is -0.157. The molecular weight excluding hydrogens is 627 g/mol. The summed E-state index contributed by atoms with van der Waals surface area (Å²) in [6.07, 6.45) is 1.91. The van der Waals surface area contributed by atoms with Gasteiger partial charge in [0.25, 0.3) is 0 Å². The summed E-state index contributed by atoms with van der Waals surface area (Å²) in [6.45, 7) is 7.23. The summed E-state index contributed by atoms with van der Waals surface area (Å²) >= 11 is 4.79. The lowest BCUT2D eigenvalue weighted by Crippen LogP contribution is -2.46. The summed E-state index contributed by atoms with van der Waals surface area (Å²) in [5, 5.41) is 18.6. The third-order valence-electron chi connectivity index (χ3n) is 6.11. The van der Waals surface area contributed by atoms with Crippen LogP contribution in [0.1, 0.15) is 49.9 Å². The van der Waals surface area contributed by atoms with E-state index in [4.69, 9.17) is 14.5 Å². The Hall–Kier alpha value is -3.61. The molecule has 2 aromatic carbocycles. The van der Waals surface area contributed by atoms with E-state index >= 15 is 0 Å². The minimum atomic E-state index is -0.854. The monoisotopic (exact) mass is 658 g/mol. The number of hydrogen-bond acceptors (Lipinski definition) is 10. The molecule has 0 saturated heterocycles. The van der Waals surface area contributed by atoms with E-state index in [1.165, 1.54) is 23.5 Å². The van der Waals surface area contributed by atoms with Gasteiger partial charge in [0.2, 0.25) is 0 Å². The molecule has 1 aliphatic rings. The Balaban J connectivity index is 1.75. The molecule has 0 bridgehead atoms. The second-order valence-corrected chi connectivity index (χ2v) is 12.2. The van der Waals surface area contributed by atoms with E-state index in [1.54, 1.807) is 69.6 Å². The molecule has 9 nitrogen and oxygen atoms in total. The van der Waals surface area contributed by atoms with Gasteiger partial charge in [0.05, 0.1) is 12.2 Å². The van der Waals surface area contributed by atoms with E-state index in [-0.39, 0.29) is 30.9 Å². The van der Waals surface area contributed by atoms with Crippen LogP contribution in [0.3, 0.4) is 0 Å². The Morgan fingerprint density at radius 2 is 1.95 bits per heavy atom. The molecule has 0 radical (unpaired) electrons. The summed E-state index contributed by atoms with van der Waals surface area (Å²) < 4.78 is 25.6. The highest BCUT2D eigenvalue weighted by Crippen LogP contribution is 2.36. The largest absolute Gasteiger partial charge is 0.508 e. The molecule has 0 amide bonds. The number of amidine groups is 1. The van der Waals surface area contributed by atoms with Crippen molar-refractivity contribution in [1.29, 1.82) is 0 Å². The average Bonchev–Trinajstić information content (AvgIpc) is 3.46. The van der Waals surface area contributed by atoms with Crippen LogP contribution in [0, 0.1) is 5.82 Å². The second-order valence-electron chi connectivity index (χ2n) is 10.5. The standard InChI is InChI=1S/C30H32BrFN4O5S/c1-5-40-29(39)24-23(16-34-22(28(38)41-30(2,3)4)14-17-6-9-19(37)10-7-17)35-26(27-33-12-13-42-27)36-25(24)20-11-8-18(32)15-21(20)31/h6-13,15,22,25,34,37H,5,14,16H2,1-4H3,(H,35,36)/t22-,25?/m0/s1. The van der Waals surface area contributed by atoms with Gasteiger partial charge in [0, 0.05) is 28.3 Å². The van der Waals surface area contributed by atoms with Gasteiger partial charge in [-0.3, -0.25) is 15.1 Å². The molecule has 2 heterocycles. The first-order chi connectivity index (χ1) is 19.9. The first-order valence-electron chi connectivity index (χ1n) is 13.3. The number of aromatic hydroxyl groups is 1. The number of rotatable bonds is 10. The van der Waals surface area contributed by atoms with Gasteiger partial charge < -0.3 is 19.9 Å². The maximum absolute atomic E-state index is 14.0. The van der Waals surface area contributed by atoms with Crippen LogP contribution < -0.4 is 10.6 Å². The fraction of sp³-hybridized carbons (Fsp3) is 0.333. The van der Waals surface area contributed by atoms with Crippen molar-refractivity contribution in [1.82, 2.24) is 15.6 Å². The minimum absolute atomic E-state index is 0.0375. The van der Waals surface area contributed by atoms with E-state index in [1.807, 2.05) is 0 Å². The smallest absolute Gasteiger partial charge is 0.338 e. The van der Waals surface area contributed by atoms with E-state index in [2.05, 4.69) is 31.5 Å². The van der Waals surface area contributed by atoms with Crippen molar-refractivity contribution in [3.8, 4) is 5.75 Å². The summed E-state index contributed by atoms with van der Waals surface area (Å²) in [5.74, 6) is -0.984. The summed E-state index contributed by atoms with van der Waals surface area (Å²) in [5.41, 5.74) is 1.26. The van der Waals surface area contributed by atoms with E-state index in [0.29, 0.717) is 26.6 Å². The van der Waals surface area contributed by atoms with Gasteiger partial charge in [0.15, 0.2) is 10.8 Å². The van der Waals surface area contributed by atoms with Gasteiger partial charge in [-0.25, -0.2) is 14.2 Å². The van der Waals surface area contributed by atoms with Crippen LogP contribution in [0.15, 0.2) is 74.8 Å². The zero-order valence-corrected chi connectivity index (χ0v) is 26.0. The van der Waals surface area contributed by atoms with Gasteiger partial charge in [-0.15, -0.1) is 11.3 Å². The highest BCUT2D eigenvalue weighted by Gasteiger charge is 2.35. The van der Waals surface area contributed by atoms with Crippen LogP contribution >= 0.6 is 27.3 Å². The van der Waals surface area contributed by atoms with Crippen LogP contribution in [-0.4, -0.2) is 52.7 Å². The minimum Gasteiger partial charge on any atom is -0.508 e. The van der Waals surface area contributed by atoms with Crippen molar-refractivity contribution in [2.24, 2.45) is 4.99 Å². The van der Waals surface area contributed by atoms with Crippen molar-refractivity contribution >= 4 is 45.0 Å². The molecule has 42 heavy (non-hydrogen) atoms. The van der Waals surface area contributed by atoms with Gasteiger partial charge in [0.1, 0.15) is 29.3 Å². The summed E-state index contributed by atoms with van der Waals surface area (Å²) in [6, 6.07) is 9.08. The van der Waals surface area contributed by atoms with Crippen molar-refractivity contribution in [3.05, 3.63) is 91.7 Å². The van der Waals surface area contributed by atoms with Gasteiger partial charge in [-0.05, 0) is 69.5 Å². The number of carbonyl (C=O) groups excluding carboxylic acids is 2. The molecule has 1 unspecified atom stereocenters. The highest BCUT2D eigenvalue weighted by molar-refractivity contribution is 9.10.